The van der Waals surface area contributed by atoms with Crippen LogP contribution in [0.2, 0.25) is 0 Å². The molecule has 1 heterocycles. The minimum atomic E-state index is 0.155. The second-order valence-corrected chi connectivity index (χ2v) is 6.50. The van der Waals surface area contributed by atoms with Gasteiger partial charge in [0.2, 0.25) is 11.8 Å². The molecule has 2 rings (SSSR count). The van der Waals surface area contributed by atoms with Crippen LogP contribution in [0.5, 0.6) is 0 Å². The van der Waals surface area contributed by atoms with Crippen molar-refractivity contribution < 1.29 is 9.59 Å². The SMILES string of the molecule is CCC(CC)C(=O)N1CCCN(C(=O)C2CCCC2)CC1. The van der Waals surface area contributed by atoms with Gasteiger partial charge in [-0.1, -0.05) is 26.7 Å². The van der Waals surface area contributed by atoms with Crippen LogP contribution in [0, 0.1) is 11.8 Å². The summed E-state index contributed by atoms with van der Waals surface area (Å²) in [7, 11) is 0. The van der Waals surface area contributed by atoms with Gasteiger partial charge in [0, 0.05) is 38.0 Å². The normalized spacial score (nSPS) is 20.9. The molecule has 0 unspecified atom stereocenters. The third kappa shape index (κ3) is 3.98. The lowest BCUT2D eigenvalue weighted by Crippen LogP contribution is -2.41. The van der Waals surface area contributed by atoms with Gasteiger partial charge in [-0.25, -0.2) is 0 Å². The van der Waals surface area contributed by atoms with Gasteiger partial charge >= 0.3 is 0 Å². The Bertz CT molecular complexity index is 338. The van der Waals surface area contributed by atoms with Crippen LogP contribution < -0.4 is 0 Å². The second kappa shape index (κ2) is 7.81. The summed E-state index contributed by atoms with van der Waals surface area (Å²) in [5, 5.41) is 0. The van der Waals surface area contributed by atoms with E-state index in [2.05, 4.69) is 13.8 Å². The van der Waals surface area contributed by atoms with Crippen molar-refractivity contribution >= 4 is 11.8 Å². The molecule has 2 amide bonds. The fraction of sp³-hybridized carbons (Fsp3) is 0.882. The second-order valence-electron chi connectivity index (χ2n) is 6.50. The molecule has 0 aromatic rings. The Morgan fingerprint density at radius 1 is 0.905 bits per heavy atom. The van der Waals surface area contributed by atoms with Gasteiger partial charge in [-0.2, -0.15) is 0 Å². The number of amides is 2. The van der Waals surface area contributed by atoms with Crippen molar-refractivity contribution in [3.63, 3.8) is 0 Å². The van der Waals surface area contributed by atoms with E-state index in [0.717, 1.165) is 51.7 Å². The van der Waals surface area contributed by atoms with Gasteiger partial charge in [-0.3, -0.25) is 9.59 Å². The van der Waals surface area contributed by atoms with Crippen LogP contribution in [0.15, 0.2) is 0 Å². The van der Waals surface area contributed by atoms with E-state index >= 15 is 0 Å². The molecule has 2 fully saturated rings. The summed E-state index contributed by atoms with van der Waals surface area (Å²) in [5.74, 6) is 1.04. The molecule has 1 aliphatic heterocycles. The molecule has 0 aromatic heterocycles. The smallest absolute Gasteiger partial charge is 0.225 e. The zero-order valence-electron chi connectivity index (χ0n) is 13.6. The van der Waals surface area contributed by atoms with Crippen LogP contribution in [0.1, 0.15) is 58.8 Å². The van der Waals surface area contributed by atoms with Gasteiger partial charge in [-0.15, -0.1) is 0 Å². The van der Waals surface area contributed by atoms with Gasteiger partial charge in [0.25, 0.3) is 0 Å². The highest BCUT2D eigenvalue weighted by Crippen LogP contribution is 2.27. The predicted octanol–water partition coefficient (Wildman–Crippen LogP) is 2.67. The fourth-order valence-corrected chi connectivity index (χ4v) is 3.69. The largest absolute Gasteiger partial charge is 0.341 e. The molecule has 4 heteroatoms. The summed E-state index contributed by atoms with van der Waals surface area (Å²) in [6.45, 7) is 7.24. The molecule has 0 atom stereocenters. The summed E-state index contributed by atoms with van der Waals surface area (Å²) in [5.41, 5.74) is 0. The molecule has 21 heavy (non-hydrogen) atoms. The van der Waals surface area contributed by atoms with E-state index in [4.69, 9.17) is 0 Å². The highest BCUT2D eigenvalue weighted by Gasteiger charge is 2.30. The van der Waals surface area contributed by atoms with Crippen LogP contribution in [-0.2, 0) is 9.59 Å². The van der Waals surface area contributed by atoms with Crippen molar-refractivity contribution in [2.24, 2.45) is 11.8 Å². The topological polar surface area (TPSA) is 40.6 Å². The Labute approximate surface area is 128 Å². The average molecular weight is 294 g/mol. The van der Waals surface area contributed by atoms with Crippen LogP contribution in [0.4, 0.5) is 0 Å². The summed E-state index contributed by atoms with van der Waals surface area (Å²) in [6, 6.07) is 0. The molecule has 1 saturated carbocycles. The van der Waals surface area contributed by atoms with E-state index in [9.17, 15) is 9.59 Å². The Balaban J connectivity index is 1.89. The number of carbonyl (C=O) groups is 2. The molecular formula is C17H30N2O2. The van der Waals surface area contributed by atoms with Crippen molar-refractivity contribution in [2.45, 2.75) is 58.8 Å². The molecule has 1 aliphatic carbocycles. The van der Waals surface area contributed by atoms with Crippen LogP contribution in [0.3, 0.4) is 0 Å². The van der Waals surface area contributed by atoms with E-state index < -0.39 is 0 Å². The molecule has 120 valence electrons. The number of hydrogen-bond acceptors (Lipinski definition) is 2. The minimum Gasteiger partial charge on any atom is -0.341 e. The first kappa shape index (κ1) is 16.3. The zero-order valence-corrected chi connectivity index (χ0v) is 13.6. The maximum atomic E-state index is 12.5. The number of carbonyl (C=O) groups excluding carboxylic acids is 2. The maximum absolute atomic E-state index is 12.5. The van der Waals surface area contributed by atoms with E-state index in [1.54, 1.807) is 0 Å². The molecule has 0 N–H and O–H groups in total. The van der Waals surface area contributed by atoms with Crippen molar-refractivity contribution in [2.75, 3.05) is 26.2 Å². The van der Waals surface area contributed by atoms with Crippen molar-refractivity contribution in [3.8, 4) is 0 Å². The van der Waals surface area contributed by atoms with Gasteiger partial charge in [0.15, 0.2) is 0 Å². The maximum Gasteiger partial charge on any atom is 0.225 e. The molecule has 0 spiro atoms. The average Bonchev–Trinajstić information content (AvgIpc) is 2.92. The first-order chi connectivity index (χ1) is 10.2. The summed E-state index contributed by atoms with van der Waals surface area (Å²) in [6.07, 6.45) is 7.27. The van der Waals surface area contributed by atoms with E-state index in [0.29, 0.717) is 12.5 Å². The van der Waals surface area contributed by atoms with Gasteiger partial charge in [0.1, 0.15) is 0 Å². The Kier molecular flexibility index (Phi) is 6.07. The lowest BCUT2D eigenvalue weighted by Gasteiger charge is -2.26. The van der Waals surface area contributed by atoms with Crippen LogP contribution in [-0.4, -0.2) is 47.8 Å². The van der Waals surface area contributed by atoms with Crippen molar-refractivity contribution in [3.05, 3.63) is 0 Å². The van der Waals surface area contributed by atoms with E-state index in [1.165, 1.54) is 12.8 Å². The van der Waals surface area contributed by atoms with Crippen LogP contribution >= 0.6 is 0 Å². The Morgan fingerprint density at radius 3 is 2.10 bits per heavy atom. The summed E-state index contributed by atoms with van der Waals surface area (Å²) in [4.78, 5) is 29.0. The molecule has 0 radical (unpaired) electrons. The highest BCUT2D eigenvalue weighted by atomic mass is 16.2. The zero-order chi connectivity index (χ0) is 15.2. The minimum absolute atomic E-state index is 0.155. The monoisotopic (exact) mass is 294 g/mol. The van der Waals surface area contributed by atoms with E-state index in [1.807, 2.05) is 9.80 Å². The lowest BCUT2D eigenvalue weighted by molar-refractivity contribution is -0.137. The Hall–Kier alpha value is -1.06. The molecule has 2 aliphatic rings. The first-order valence-electron chi connectivity index (χ1n) is 8.74. The molecule has 4 nitrogen and oxygen atoms in total. The molecule has 0 bridgehead atoms. The molecule has 0 aromatic carbocycles. The van der Waals surface area contributed by atoms with Crippen LogP contribution in [0.25, 0.3) is 0 Å². The third-order valence-corrected chi connectivity index (χ3v) is 5.16. The predicted molar refractivity (Wildman–Crippen MR) is 83.8 cm³/mol. The summed E-state index contributed by atoms with van der Waals surface area (Å²) < 4.78 is 0. The third-order valence-electron chi connectivity index (χ3n) is 5.16. The molecule has 1 saturated heterocycles. The van der Waals surface area contributed by atoms with E-state index in [-0.39, 0.29) is 17.7 Å². The number of rotatable bonds is 4. The number of nitrogens with zero attached hydrogens (tertiary/aromatic N) is 2. The highest BCUT2D eigenvalue weighted by molar-refractivity contribution is 5.80. The van der Waals surface area contributed by atoms with Gasteiger partial charge in [-0.05, 0) is 32.1 Å². The van der Waals surface area contributed by atoms with Gasteiger partial charge in [0.05, 0.1) is 0 Å². The standard InChI is InChI=1S/C17H30N2O2/c1-3-14(4-2)16(20)18-10-7-11-19(13-12-18)17(21)15-8-5-6-9-15/h14-15H,3-13H2,1-2H3. The number of hydrogen-bond donors (Lipinski definition) is 0. The quantitative estimate of drug-likeness (QED) is 0.800. The first-order valence-corrected chi connectivity index (χ1v) is 8.74. The Morgan fingerprint density at radius 2 is 1.48 bits per heavy atom. The molecular weight excluding hydrogens is 264 g/mol. The van der Waals surface area contributed by atoms with Crippen molar-refractivity contribution in [1.29, 1.82) is 0 Å². The lowest BCUT2D eigenvalue weighted by atomic mass is 10.0. The van der Waals surface area contributed by atoms with Crippen molar-refractivity contribution in [1.82, 2.24) is 9.80 Å². The van der Waals surface area contributed by atoms with Gasteiger partial charge < -0.3 is 9.80 Å². The summed E-state index contributed by atoms with van der Waals surface area (Å²) >= 11 is 0. The fourth-order valence-electron chi connectivity index (χ4n) is 3.69.